The molecule has 1 aromatic carbocycles. The summed E-state index contributed by atoms with van der Waals surface area (Å²) in [5.74, 6) is 0.394. The SMILES string of the molecule is CCC(=O)CCCN1CCCN(c2ccc(C(C)(C)C)cc2)CC1. The molecule has 0 unspecified atom stereocenters. The molecule has 0 amide bonds. The number of hydrogen-bond acceptors (Lipinski definition) is 3. The number of Topliss-reactive ketones (excluding diaryl/α,β-unsaturated/α-hetero) is 1. The molecule has 0 bridgehead atoms. The third-order valence-electron chi connectivity index (χ3n) is 5.01. The van der Waals surface area contributed by atoms with Crippen LogP contribution in [0.25, 0.3) is 0 Å². The highest BCUT2D eigenvalue weighted by Crippen LogP contribution is 2.25. The molecule has 1 aromatic rings. The van der Waals surface area contributed by atoms with Crippen molar-refractivity contribution in [3.05, 3.63) is 29.8 Å². The van der Waals surface area contributed by atoms with Crippen molar-refractivity contribution in [1.82, 2.24) is 4.90 Å². The number of rotatable bonds is 6. The van der Waals surface area contributed by atoms with Crippen molar-refractivity contribution in [3.63, 3.8) is 0 Å². The summed E-state index contributed by atoms with van der Waals surface area (Å²) in [6.07, 6.45) is 3.62. The minimum atomic E-state index is 0.212. The maximum absolute atomic E-state index is 11.4. The average molecular weight is 331 g/mol. The van der Waals surface area contributed by atoms with E-state index in [1.165, 1.54) is 17.7 Å². The van der Waals surface area contributed by atoms with E-state index in [-0.39, 0.29) is 5.41 Å². The molecule has 0 saturated carbocycles. The van der Waals surface area contributed by atoms with Crippen LogP contribution in [0.15, 0.2) is 24.3 Å². The van der Waals surface area contributed by atoms with Crippen molar-refractivity contribution in [2.75, 3.05) is 37.6 Å². The van der Waals surface area contributed by atoms with E-state index in [9.17, 15) is 4.79 Å². The largest absolute Gasteiger partial charge is 0.370 e. The fourth-order valence-corrected chi connectivity index (χ4v) is 3.30. The number of anilines is 1. The van der Waals surface area contributed by atoms with Gasteiger partial charge in [0.1, 0.15) is 5.78 Å². The summed E-state index contributed by atoms with van der Waals surface area (Å²) < 4.78 is 0. The Hall–Kier alpha value is -1.35. The van der Waals surface area contributed by atoms with E-state index in [1.54, 1.807) is 0 Å². The van der Waals surface area contributed by atoms with Crippen LogP contribution in [0.3, 0.4) is 0 Å². The standard InChI is InChI=1S/C21H34N2O/c1-5-20(24)8-6-13-22-14-7-15-23(17-16-22)19-11-9-18(10-12-19)21(2,3)4/h9-12H,5-8,13-17H2,1-4H3. The van der Waals surface area contributed by atoms with Gasteiger partial charge in [-0.05, 0) is 49.0 Å². The van der Waals surface area contributed by atoms with Crippen LogP contribution in [-0.2, 0) is 10.2 Å². The van der Waals surface area contributed by atoms with E-state index in [4.69, 9.17) is 0 Å². The Bertz CT molecular complexity index is 516. The summed E-state index contributed by atoms with van der Waals surface area (Å²) in [5.41, 5.74) is 2.94. The second kappa shape index (κ2) is 8.66. The van der Waals surface area contributed by atoms with Crippen molar-refractivity contribution < 1.29 is 4.79 Å². The first-order valence-electron chi connectivity index (χ1n) is 9.49. The maximum Gasteiger partial charge on any atom is 0.132 e. The van der Waals surface area contributed by atoms with Gasteiger partial charge in [-0.1, -0.05) is 39.8 Å². The summed E-state index contributed by atoms with van der Waals surface area (Å²) in [5, 5.41) is 0. The van der Waals surface area contributed by atoms with Gasteiger partial charge in [0.05, 0.1) is 0 Å². The van der Waals surface area contributed by atoms with Crippen molar-refractivity contribution in [2.45, 2.75) is 58.8 Å². The van der Waals surface area contributed by atoms with E-state index >= 15 is 0 Å². The van der Waals surface area contributed by atoms with Crippen LogP contribution in [0.5, 0.6) is 0 Å². The molecule has 0 aliphatic carbocycles. The van der Waals surface area contributed by atoms with Crippen LogP contribution in [0.1, 0.15) is 58.9 Å². The fraction of sp³-hybridized carbons (Fsp3) is 0.667. The first kappa shape index (κ1) is 19.0. The van der Waals surface area contributed by atoms with Gasteiger partial charge < -0.3 is 9.80 Å². The molecule has 134 valence electrons. The van der Waals surface area contributed by atoms with Crippen LogP contribution < -0.4 is 4.90 Å². The number of carbonyl (C=O) groups is 1. The molecule has 0 N–H and O–H groups in total. The van der Waals surface area contributed by atoms with E-state index in [2.05, 4.69) is 54.8 Å². The Labute approximate surface area is 148 Å². The van der Waals surface area contributed by atoms with Crippen LogP contribution in [-0.4, -0.2) is 43.4 Å². The van der Waals surface area contributed by atoms with Crippen LogP contribution >= 0.6 is 0 Å². The lowest BCUT2D eigenvalue weighted by molar-refractivity contribution is -0.118. The van der Waals surface area contributed by atoms with Crippen LogP contribution in [0, 0.1) is 0 Å². The lowest BCUT2D eigenvalue weighted by Crippen LogP contribution is -2.31. The van der Waals surface area contributed by atoms with Gasteiger partial charge in [-0.25, -0.2) is 0 Å². The highest BCUT2D eigenvalue weighted by Gasteiger charge is 2.17. The molecule has 1 fully saturated rings. The topological polar surface area (TPSA) is 23.6 Å². The molecular formula is C21H34N2O. The lowest BCUT2D eigenvalue weighted by Gasteiger charge is -2.25. The first-order valence-corrected chi connectivity index (χ1v) is 9.49. The molecule has 1 saturated heterocycles. The van der Waals surface area contributed by atoms with Crippen molar-refractivity contribution in [1.29, 1.82) is 0 Å². The summed E-state index contributed by atoms with van der Waals surface area (Å²) in [6, 6.07) is 9.09. The monoisotopic (exact) mass is 330 g/mol. The predicted molar refractivity (Wildman–Crippen MR) is 103 cm³/mol. The zero-order valence-corrected chi connectivity index (χ0v) is 16.0. The molecule has 1 aliphatic rings. The average Bonchev–Trinajstić information content (AvgIpc) is 2.80. The Kier molecular flexibility index (Phi) is 6.85. The predicted octanol–water partition coefficient (Wildman–Crippen LogP) is 4.26. The molecule has 0 spiro atoms. The van der Waals surface area contributed by atoms with E-state index in [0.29, 0.717) is 12.2 Å². The van der Waals surface area contributed by atoms with Gasteiger partial charge >= 0.3 is 0 Å². The zero-order valence-electron chi connectivity index (χ0n) is 16.0. The molecule has 0 atom stereocenters. The van der Waals surface area contributed by atoms with Crippen LogP contribution in [0.2, 0.25) is 0 Å². The molecule has 0 radical (unpaired) electrons. The van der Waals surface area contributed by atoms with Gasteiger partial charge in [-0.15, -0.1) is 0 Å². The minimum absolute atomic E-state index is 0.212. The quantitative estimate of drug-likeness (QED) is 0.779. The third kappa shape index (κ3) is 5.62. The number of hydrogen-bond donors (Lipinski definition) is 0. The Morgan fingerprint density at radius 1 is 1.04 bits per heavy atom. The van der Waals surface area contributed by atoms with E-state index < -0.39 is 0 Å². The van der Waals surface area contributed by atoms with Gasteiger partial charge in [0, 0.05) is 38.2 Å². The van der Waals surface area contributed by atoms with Gasteiger partial charge in [-0.3, -0.25) is 4.79 Å². The van der Waals surface area contributed by atoms with Crippen molar-refractivity contribution in [3.8, 4) is 0 Å². The van der Waals surface area contributed by atoms with Gasteiger partial charge in [-0.2, -0.15) is 0 Å². The normalized spacial score (nSPS) is 16.9. The first-order chi connectivity index (χ1) is 11.4. The Morgan fingerprint density at radius 3 is 2.38 bits per heavy atom. The minimum Gasteiger partial charge on any atom is -0.370 e. The lowest BCUT2D eigenvalue weighted by atomic mass is 9.87. The molecule has 1 heterocycles. The second-order valence-corrected chi connectivity index (χ2v) is 7.97. The highest BCUT2D eigenvalue weighted by molar-refractivity contribution is 5.77. The van der Waals surface area contributed by atoms with Gasteiger partial charge in [0.15, 0.2) is 0 Å². The molecule has 0 aromatic heterocycles. The molecule has 3 nitrogen and oxygen atoms in total. The number of carbonyl (C=O) groups excluding carboxylic acids is 1. The van der Waals surface area contributed by atoms with Crippen molar-refractivity contribution >= 4 is 11.5 Å². The van der Waals surface area contributed by atoms with E-state index in [1.807, 2.05) is 6.92 Å². The highest BCUT2D eigenvalue weighted by atomic mass is 16.1. The maximum atomic E-state index is 11.4. The summed E-state index contributed by atoms with van der Waals surface area (Å²) in [7, 11) is 0. The zero-order chi connectivity index (χ0) is 17.6. The number of nitrogens with zero attached hydrogens (tertiary/aromatic N) is 2. The van der Waals surface area contributed by atoms with Crippen molar-refractivity contribution in [2.24, 2.45) is 0 Å². The smallest absolute Gasteiger partial charge is 0.132 e. The number of ketones is 1. The molecule has 3 heteroatoms. The third-order valence-corrected chi connectivity index (χ3v) is 5.01. The molecule has 2 rings (SSSR count). The van der Waals surface area contributed by atoms with Gasteiger partial charge in [0.2, 0.25) is 0 Å². The summed E-state index contributed by atoms with van der Waals surface area (Å²) in [6.45, 7) is 14.2. The number of benzene rings is 1. The van der Waals surface area contributed by atoms with Crippen LogP contribution in [0.4, 0.5) is 5.69 Å². The Balaban J connectivity index is 1.85. The van der Waals surface area contributed by atoms with Gasteiger partial charge in [0.25, 0.3) is 0 Å². The summed E-state index contributed by atoms with van der Waals surface area (Å²) in [4.78, 5) is 16.5. The second-order valence-electron chi connectivity index (χ2n) is 7.97. The Morgan fingerprint density at radius 2 is 1.75 bits per heavy atom. The fourth-order valence-electron chi connectivity index (χ4n) is 3.30. The molecular weight excluding hydrogens is 296 g/mol. The molecule has 1 aliphatic heterocycles. The molecule has 24 heavy (non-hydrogen) atoms. The summed E-state index contributed by atoms with van der Waals surface area (Å²) >= 11 is 0. The van der Waals surface area contributed by atoms with E-state index in [0.717, 1.165) is 45.6 Å².